The lowest BCUT2D eigenvalue weighted by Gasteiger charge is -2.13. The Morgan fingerprint density at radius 3 is 2.52 bits per heavy atom. The fraction of sp³-hybridized carbons (Fsp3) is 0.0833. The van der Waals surface area contributed by atoms with E-state index in [1.165, 1.54) is 0 Å². The van der Waals surface area contributed by atoms with Gasteiger partial charge in [0.15, 0.2) is 17.2 Å². The highest BCUT2D eigenvalue weighted by atomic mass is 79.9. The Bertz CT molecular complexity index is 1170. The van der Waals surface area contributed by atoms with Crippen LogP contribution in [0.3, 0.4) is 0 Å². The first-order valence-corrected chi connectivity index (χ1v) is 10.5. The Morgan fingerprint density at radius 2 is 1.81 bits per heavy atom. The van der Waals surface area contributed by atoms with Crippen molar-refractivity contribution in [2.24, 2.45) is 4.99 Å². The number of aliphatic imine (C=N–C) groups is 1. The Hall–Kier alpha value is -3.09. The van der Waals surface area contributed by atoms with Gasteiger partial charge in [0.2, 0.25) is 5.90 Å². The van der Waals surface area contributed by atoms with Crippen LogP contribution in [0.15, 0.2) is 81.9 Å². The summed E-state index contributed by atoms with van der Waals surface area (Å²) in [5.41, 5.74) is 2.49. The van der Waals surface area contributed by atoms with E-state index in [-0.39, 0.29) is 11.6 Å². The van der Waals surface area contributed by atoms with E-state index in [2.05, 4.69) is 20.9 Å². The zero-order chi connectivity index (χ0) is 21.8. The molecule has 0 aromatic heterocycles. The molecule has 1 heterocycles. The number of nitrogens with zero attached hydrogens (tertiary/aromatic N) is 1. The van der Waals surface area contributed by atoms with Gasteiger partial charge in [-0.3, -0.25) is 0 Å². The Labute approximate surface area is 193 Å². The highest BCUT2D eigenvalue weighted by molar-refractivity contribution is 9.10. The van der Waals surface area contributed by atoms with Crippen molar-refractivity contribution in [3.05, 3.63) is 98.6 Å². The molecule has 3 aromatic rings. The SMILES string of the molecule is COc1cccc(C=C2N=C(c3ccc(Cl)cc3)OC2=O)c1OCc1ccc(Br)cc1. The van der Waals surface area contributed by atoms with Crippen molar-refractivity contribution in [1.29, 1.82) is 0 Å². The largest absolute Gasteiger partial charge is 0.493 e. The molecule has 1 aliphatic heterocycles. The zero-order valence-corrected chi connectivity index (χ0v) is 18.8. The summed E-state index contributed by atoms with van der Waals surface area (Å²) >= 11 is 9.35. The highest BCUT2D eigenvalue weighted by Gasteiger charge is 2.25. The molecule has 1 aliphatic rings. The fourth-order valence-corrected chi connectivity index (χ4v) is 3.36. The molecule has 0 saturated carbocycles. The lowest BCUT2D eigenvalue weighted by atomic mass is 10.1. The van der Waals surface area contributed by atoms with Crippen molar-refractivity contribution in [3.63, 3.8) is 0 Å². The molecule has 156 valence electrons. The van der Waals surface area contributed by atoms with Crippen LogP contribution >= 0.6 is 27.5 Å². The van der Waals surface area contributed by atoms with Crippen molar-refractivity contribution in [2.75, 3.05) is 7.11 Å². The Kier molecular flexibility index (Phi) is 6.39. The van der Waals surface area contributed by atoms with Crippen LogP contribution in [-0.2, 0) is 16.1 Å². The van der Waals surface area contributed by atoms with Gasteiger partial charge in [-0.25, -0.2) is 9.79 Å². The summed E-state index contributed by atoms with van der Waals surface area (Å²) in [5, 5.41) is 0.591. The van der Waals surface area contributed by atoms with Gasteiger partial charge in [-0.15, -0.1) is 0 Å². The van der Waals surface area contributed by atoms with Crippen LogP contribution < -0.4 is 9.47 Å². The average Bonchev–Trinajstić information content (AvgIpc) is 3.14. The molecule has 0 spiro atoms. The summed E-state index contributed by atoms with van der Waals surface area (Å²) in [4.78, 5) is 16.7. The number of hydrogen-bond acceptors (Lipinski definition) is 5. The smallest absolute Gasteiger partial charge is 0.363 e. The van der Waals surface area contributed by atoms with E-state index in [1.54, 1.807) is 43.5 Å². The van der Waals surface area contributed by atoms with Crippen LogP contribution in [-0.4, -0.2) is 19.0 Å². The number of benzene rings is 3. The summed E-state index contributed by atoms with van der Waals surface area (Å²) in [5.74, 6) is 0.767. The standard InChI is InChI=1S/C24H17BrClNO4/c1-29-21-4-2-3-17(22(21)30-14-15-5-9-18(25)10-6-15)13-20-24(28)31-23(27-20)16-7-11-19(26)12-8-16/h2-13H,14H2,1H3. The van der Waals surface area contributed by atoms with Crippen molar-refractivity contribution in [2.45, 2.75) is 6.61 Å². The van der Waals surface area contributed by atoms with E-state index < -0.39 is 5.97 Å². The van der Waals surface area contributed by atoms with Crippen LogP contribution in [0.1, 0.15) is 16.7 Å². The molecule has 0 atom stereocenters. The van der Waals surface area contributed by atoms with Gasteiger partial charge in [0.1, 0.15) is 6.61 Å². The quantitative estimate of drug-likeness (QED) is 0.307. The molecule has 0 saturated heterocycles. The number of esters is 1. The fourth-order valence-electron chi connectivity index (χ4n) is 2.97. The van der Waals surface area contributed by atoms with Crippen LogP contribution in [0.5, 0.6) is 11.5 Å². The molecule has 31 heavy (non-hydrogen) atoms. The highest BCUT2D eigenvalue weighted by Crippen LogP contribution is 2.34. The second-order valence-electron chi connectivity index (χ2n) is 6.64. The molecule has 4 rings (SSSR count). The first-order valence-electron chi connectivity index (χ1n) is 9.36. The van der Waals surface area contributed by atoms with Crippen LogP contribution in [0.4, 0.5) is 0 Å². The maximum Gasteiger partial charge on any atom is 0.363 e. The predicted molar refractivity (Wildman–Crippen MR) is 124 cm³/mol. The van der Waals surface area contributed by atoms with E-state index >= 15 is 0 Å². The molecule has 5 nitrogen and oxygen atoms in total. The molecule has 3 aromatic carbocycles. The second-order valence-corrected chi connectivity index (χ2v) is 7.99. The molecule has 0 bridgehead atoms. The minimum absolute atomic E-state index is 0.173. The summed E-state index contributed by atoms with van der Waals surface area (Å²) < 4.78 is 17.8. The summed E-state index contributed by atoms with van der Waals surface area (Å²) in [6.45, 7) is 0.341. The van der Waals surface area contributed by atoms with Gasteiger partial charge in [0, 0.05) is 20.6 Å². The van der Waals surface area contributed by atoms with Gasteiger partial charge in [-0.1, -0.05) is 51.8 Å². The van der Waals surface area contributed by atoms with Crippen molar-refractivity contribution < 1.29 is 19.0 Å². The van der Waals surface area contributed by atoms with Crippen molar-refractivity contribution >= 4 is 45.5 Å². The van der Waals surface area contributed by atoms with Crippen LogP contribution in [0.2, 0.25) is 5.02 Å². The zero-order valence-electron chi connectivity index (χ0n) is 16.5. The molecule has 0 aliphatic carbocycles. The van der Waals surface area contributed by atoms with E-state index in [4.69, 9.17) is 25.8 Å². The third-order valence-corrected chi connectivity index (χ3v) is 5.31. The summed E-state index contributed by atoms with van der Waals surface area (Å²) in [7, 11) is 1.57. The average molecular weight is 499 g/mol. The van der Waals surface area contributed by atoms with Crippen LogP contribution in [0.25, 0.3) is 6.08 Å². The van der Waals surface area contributed by atoms with Gasteiger partial charge in [0.05, 0.1) is 7.11 Å². The number of rotatable bonds is 6. The Balaban J connectivity index is 1.64. The number of ether oxygens (including phenoxy) is 3. The minimum atomic E-state index is -0.536. The van der Waals surface area contributed by atoms with Gasteiger partial charge in [-0.2, -0.15) is 0 Å². The third kappa shape index (κ3) is 4.98. The summed E-state index contributed by atoms with van der Waals surface area (Å²) in [6.07, 6.45) is 1.63. The number of halogens is 2. The monoisotopic (exact) mass is 497 g/mol. The first kappa shape index (κ1) is 21.2. The maximum absolute atomic E-state index is 12.4. The third-order valence-electron chi connectivity index (χ3n) is 4.53. The van der Waals surface area contributed by atoms with E-state index in [0.29, 0.717) is 34.3 Å². The van der Waals surface area contributed by atoms with E-state index in [1.807, 2.05) is 36.4 Å². The van der Waals surface area contributed by atoms with E-state index in [9.17, 15) is 4.79 Å². The minimum Gasteiger partial charge on any atom is -0.493 e. The number of para-hydroxylation sites is 1. The second kappa shape index (κ2) is 9.37. The van der Waals surface area contributed by atoms with Crippen LogP contribution in [0, 0.1) is 0 Å². The topological polar surface area (TPSA) is 57.1 Å². The normalized spacial score (nSPS) is 14.4. The molecular formula is C24H17BrClNO4. The molecule has 0 unspecified atom stereocenters. The molecular weight excluding hydrogens is 482 g/mol. The predicted octanol–water partition coefficient (Wildman–Crippen LogP) is 6.03. The molecule has 0 N–H and O–H groups in total. The lowest BCUT2D eigenvalue weighted by Crippen LogP contribution is -2.05. The van der Waals surface area contributed by atoms with Crippen molar-refractivity contribution in [3.8, 4) is 11.5 Å². The van der Waals surface area contributed by atoms with Gasteiger partial charge in [-0.05, 0) is 54.1 Å². The number of cyclic esters (lactones) is 1. The van der Waals surface area contributed by atoms with E-state index in [0.717, 1.165) is 10.0 Å². The summed E-state index contributed by atoms with van der Waals surface area (Å²) in [6, 6.07) is 20.2. The first-order chi connectivity index (χ1) is 15.0. The molecule has 0 amide bonds. The number of methoxy groups -OCH3 is 1. The molecule has 7 heteroatoms. The Morgan fingerprint density at radius 1 is 1.06 bits per heavy atom. The van der Waals surface area contributed by atoms with Gasteiger partial charge in [0.25, 0.3) is 0 Å². The van der Waals surface area contributed by atoms with Gasteiger partial charge < -0.3 is 14.2 Å². The van der Waals surface area contributed by atoms with Gasteiger partial charge >= 0.3 is 5.97 Å². The number of hydrogen-bond donors (Lipinski definition) is 0. The number of carbonyl (C=O) groups is 1. The molecule has 0 fully saturated rings. The molecule has 0 radical (unpaired) electrons. The maximum atomic E-state index is 12.4. The number of carbonyl (C=O) groups excluding carboxylic acids is 1. The lowest BCUT2D eigenvalue weighted by molar-refractivity contribution is -0.129. The van der Waals surface area contributed by atoms with Crippen molar-refractivity contribution in [1.82, 2.24) is 0 Å².